The molecule has 0 amide bonds. The molecule has 20 heavy (non-hydrogen) atoms. The monoisotopic (exact) mass is 271 g/mol. The van der Waals surface area contributed by atoms with E-state index >= 15 is 0 Å². The van der Waals surface area contributed by atoms with Crippen LogP contribution in [-0.4, -0.2) is 20.8 Å². The molecule has 106 valence electrons. The average Bonchev–Trinajstić information content (AvgIpc) is 2.52. The SMILES string of the molecule is COc1cccc(CCNCc2ccccc2)c1OC. The Morgan fingerprint density at radius 3 is 2.40 bits per heavy atom. The van der Waals surface area contributed by atoms with Crippen molar-refractivity contribution in [2.75, 3.05) is 20.8 Å². The van der Waals surface area contributed by atoms with Gasteiger partial charge in [-0.05, 0) is 30.2 Å². The van der Waals surface area contributed by atoms with Crippen molar-refractivity contribution in [1.82, 2.24) is 5.32 Å². The van der Waals surface area contributed by atoms with E-state index in [4.69, 9.17) is 9.47 Å². The number of ether oxygens (including phenoxy) is 2. The summed E-state index contributed by atoms with van der Waals surface area (Å²) in [6, 6.07) is 16.4. The molecule has 0 atom stereocenters. The number of nitrogens with one attached hydrogen (secondary N) is 1. The van der Waals surface area contributed by atoms with Gasteiger partial charge in [0.2, 0.25) is 0 Å². The van der Waals surface area contributed by atoms with Gasteiger partial charge in [0.05, 0.1) is 14.2 Å². The van der Waals surface area contributed by atoms with Crippen molar-refractivity contribution in [3.8, 4) is 11.5 Å². The molecule has 2 aromatic rings. The van der Waals surface area contributed by atoms with Crippen LogP contribution in [-0.2, 0) is 13.0 Å². The lowest BCUT2D eigenvalue weighted by atomic mass is 10.1. The molecule has 0 saturated heterocycles. The van der Waals surface area contributed by atoms with E-state index in [0.29, 0.717) is 0 Å². The lowest BCUT2D eigenvalue weighted by molar-refractivity contribution is 0.351. The summed E-state index contributed by atoms with van der Waals surface area (Å²) >= 11 is 0. The summed E-state index contributed by atoms with van der Waals surface area (Å²) in [6.07, 6.45) is 0.910. The van der Waals surface area contributed by atoms with Gasteiger partial charge in [-0.3, -0.25) is 0 Å². The number of benzene rings is 2. The molecule has 0 aromatic heterocycles. The molecule has 0 aliphatic rings. The maximum absolute atomic E-state index is 5.43. The maximum Gasteiger partial charge on any atom is 0.163 e. The largest absolute Gasteiger partial charge is 0.493 e. The van der Waals surface area contributed by atoms with E-state index in [1.807, 2.05) is 18.2 Å². The van der Waals surface area contributed by atoms with Gasteiger partial charge in [-0.1, -0.05) is 42.5 Å². The quantitative estimate of drug-likeness (QED) is 0.785. The number of hydrogen-bond acceptors (Lipinski definition) is 3. The Hall–Kier alpha value is -2.00. The molecule has 2 aromatic carbocycles. The second-order valence-electron chi connectivity index (χ2n) is 4.57. The first-order valence-electron chi connectivity index (χ1n) is 6.79. The first-order valence-corrected chi connectivity index (χ1v) is 6.79. The average molecular weight is 271 g/mol. The van der Waals surface area contributed by atoms with Crippen LogP contribution in [0.2, 0.25) is 0 Å². The van der Waals surface area contributed by atoms with Gasteiger partial charge in [-0.2, -0.15) is 0 Å². The minimum atomic E-state index is 0.785. The Balaban J connectivity index is 1.88. The molecule has 0 saturated carbocycles. The van der Waals surface area contributed by atoms with Gasteiger partial charge in [0.15, 0.2) is 11.5 Å². The van der Waals surface area contributed by atoms with Gasteiger partial charge >= 0.3 is 0 Å². The van der Waals surface area contributed by atoms with Crippen molar-refractivity contribution < 1.29 is 9.47 Å². The van der Waals surface area contributed by atoms with Gasteiger partial charge in [0, 0.05) is 6.54 Å². The molecule has 0 aliphatic heterocycles. The molecule has 0 bridgehead atoms. The predicted octanol–water partition coefficient (Wildman–Crippen LogP) is 3.04. The Kier molecular flexibility index (Phi) is 5.44. The van der Waals surface area contributed by atoms with E-state index in [9.17, 15) is 0 Å². The summed E-state index contributed by atoms with van der Waals surface area (Å²) in [6.45, 7) is 1.78. The van der Waals surface area contributed by atoms with Crippen molar-refractivity contribution in [1.29, 1.82) is 0 Å². The van der Waals surface area contributed by atoms with Crippen LogP contribution in [0.15, 0.2) is 48.5 Å². The van der Waals surface area contributed by atoms with E-state index in [-0.39, 0.29) is 0 Å². The smallest absolute Gasteiger partial charge is 0.163 e. The number of hydrogen-bond donors (Lipinski definition) is 1. The molecular formula is C17H21NO2. The molecule has 2 rings (SSSR count). The van der Waals surface area contributed by atoms with Crippen LogP contribution in [0.1, 0.15) is 11.1 Å². The highest BCUT2D eigenvalue weighted by atomic mass is 16.5. The fraction of sp³-hybridized carbons (Fsp3) is 0.294. The summed E-state index contributed by atoms with van der Waals surface area (Å²) in [5.74, 6) is 1.62. The molecule has 3 nitrogen and oxygen atoms in total. The normalized spacial score (nSPS) is 10.3. The standard InChI is InChI=1S/C17H21NO2/c1-19-16-10-6-9-15(17(16)20-2)11-12-18-13-14-7-4-3-5-8-14/h3-10,18H,11-13H2,1-2H3. The van der Waals surface area contributed by atoms with E-state index in [1.54, 1.807) is 14.2 Å². The van der Waals surface area contributed by atoms with Crippen molar-refractivity contribution in [3.63, 3.8) is 0 Å². The molecule has 0 spiro atoms. The molecular weight excluding hydrogens is 250 g/mol. The zero-order chi connectivity index (χ0) is 14.2. The highest BCUT2D eigenvalue weighted by molar-refractivity contribution is 5.46. The van der Waals surface area contributed by atoms with Gasteiger partial charge in [0.1, 0.15) is 0 Å². The van der Waals surface area contributed by atoms with Crippen molar-refractivity contribution in [2.24, 2.45) is 0 Å². The Labute approximate surface area is 120 Å². The molecule has 0 aliphatic carbocycles. The second-order valence-corrected chi connectivity index (χ2v) is 4.57. The van der Waals surface area contributed by atoms with Crippen molar-refractivity contribution in [3.05, 3.63) is 59.7 Å². The van der Waals surface area contributed by atoms with Gasteiger partial charge in [-0.15, -0.1) is 0 Å². The fourth-order valence-corrected chi connectivity index (χ4v) is 2.20. The Morgan fingerprint density at radius 1 is 0.900 bits per heavy atom. The third-order valence-corrected chi connectivity index (χ3v) is 3.23. The first-order chi connectivity index (χ1) is 9.85. The highest BCUT2D eigenvalue weighted by Crippen LogP contribution is 2.30. The minimum Gasteiger partial charge on any atom is -0.493 e. The fourth-order valence-electron chi connectivity index (χ4n) is 2.20. The summed E-state index contributed by atoms with van der Waals surface area (Å²) in [5.41, 5.74) is 2.46. The maximum atomic E-state index is 5.43. The van der Waals surface area contributed by atoms with E-state index in [2.05, 4.69) is 35.6 Å². The Morgan fingerprint density at radius 2 is 1.70 bits per heavy atom. The summed E-state index contributed by atoms with van der Waals surface area (Å²) in [5, 5.41) is 3.44. The molecule has 0 radical (unpaired) electrons. The zero-order valence-electron chi connectivity index (χ0n) is 12.1. The highest BCUT2D eigenvalue weighted by Gasteiger charge is 2.08. The Bertz CT molecular complexity index is 526. The predicted molar refractivity (Wildman–Crippen MR) is 81.4 cm³/mol. The molecule has 0 fully saturated rings. The summed E-state index contributed by atoms with van der Waals surface area (Å²) < 4.78 is 10.7. The van der Waals surface area contributed by atoms with Crippen LogP contribution in [0.5, 0.6) is 11.5 Å². The van der Waals surface area contributed by atoms with Gasteiger partial charge < -0.3 is 14.8 Å². The molecule has 0 heterocycles. The van der Waals surface area contributed by atoms with Gasteiger partial charge in [-0.25, -0.2) is 0 Å². The third-order valence-electron chi connectivity index (χ3n) is 3.23. The van der Waals surface area contributed by atoms with Crippen LogP contribution >= 0.6 is 0 Å². The number of rotatable bonds is 7. The van der Waals surface area contributed by atoms with Crippen LogP contribution in [0.25, 0.3) is 0 Å². The topological polar surface area (TPSA) is 30.5 Å². The minimum absolute atomic E-state index is 0.785. The first kappa shape index (κ1) is 14.4. The van der Waals surface area contributed by atoms with Crippen LogP contribution < -0.4 is 14.8 Å². The lowest BCUT2D eigenvalue weighted by Crippen LogP contribution is -2.17. The molecule has 1 N–H and O–H groups in total. The van der Waals surface area contributed by atoms with E-state index in [0.717, 1.165) is 36.6 Å². The summed E-state index contributed by atoms with van der Waals surface area (Å²) in [4.78, 5) is 0. The van der Waals surface area contributed by atoms with Gasteiger partial charge in [0.25, 0.3) is 0 Å². The second kappa shape index (κ2) is 7.56. The molecule has 3 heteroatoms. The third kappa shape index (κ3) is 3.75. The molecule has 0 unspecified atom stereocenters. The van der Waals surface area contributed by atoms with Crippen LogP contribution in [0, 0.1) is 0 Å². The number of methoxy groups -OCH3 is 2. The van der Waals surface area contributed by atoms with E-state index in [1.165, 1.54) is 5.56 Å². The van der Waals surface area contributed by atoms with E-state index < -0.39 is 0 Å². The zero-order valence-corrected chi connectivity index (χ0v) is 12.1. The van der Waals surface area contributed by atoms with Crippen molar-refractivity contribution >= 4 is 0 Å². The summed E-state index contributed by atoms with van der Waals surface area (Å²) in [7, 11) is 3.34. The van der Waals surface area contributed by atoms with Crippen LogP contribution in [0.4, 0.5) is 0 Å². The number of para-hydroxylation sites is 1. The lowest BCUT2D eigenvalue weighted by Gasteiger charge is -2.12. The van der Waals surface area contributed by atoms with Crippen molar-refractivity contribution in [2.45, 2.75) is 13.0 Å². The van der Waals surface area contributed by atoms with Crippen LogP contribution in [0.3, 0.4) is 0 Å².